The lowest BCUT2D eigenvalue weighted by Crippen LogP contribution is -2.14. The van der Waals surface area contributed by atoms with Gasteiger partial charge in [-0.2, -0.15) is 0 Å². The average molecular weight is 356 g/mol. The Morgan fingerprint density at radius 2 is 1.96 bits per heavy atom. The number of aryl methyl sites for hydroxylation is 1. The van der Waals surface area contributed by atoms with E-state index in [4.69, 9.17) is 0 Å². The largest absolute Gasteiger partial charge is 0.361 e. The number of hydrogen-bond donors (Lipinski definition) is 3. The number of aromatic amines is 1. The zero-order chi connectivity index (χ0) is 18.6. The Bertz CT molecular complexity index is 1090. The summed E-state index contributed by atoms with van der Waals surface area (Å²) in [6, 6.07) is 17.7. The van der Waals surface area contributed by atoms with Crippen LogP contribution in [0.2, 0.25) is 0 Å². The van der Waals surface area contributed by atoms with Crippen LogP contribution >= 0.6 is 0 Å². The van der Waals surface area contributed by atoms with Crippen LogP contribution in [-0.2, 0) is 11.2 Å². The number of pyridine rings is 1. The van der Waals surface area contributed by atoms with Crippen molar-refractivity contribution in [3.63, 3.8) is 0 Å². The first-order valence-electron chi connectivity index (χ1n) is 8.81. The number of para-hydroxylation sites is 1. The maximum Gasteiger partial charge on any atom is 0.228 e. The predicted octanol–water partition coefficient (Wildman–Crippen LogP) is 4.80. The molecule has 0 radical (unpaired) electrons. The molecule has 0 atom stereocenters. The van der Waals surface area contributed by atoms with Gasteiger partial charge in [0.25, 0.3) is 0 Å². The fourth-order valence-corrected chi connectivity index (χ4v) is 3.13. The van der Waals surface area contributed by atoms with Gasteiger partial charge in [0.05, 0.1) is 18.3 Å². The van der Waals surface area contributed by atoms with Crippen LogP contribution in [0.25, 0.3) is 10.9 Å². The number of carbonyl (C=O) groups excluding carboxylic acids is 1. The van der Waals surface area contributed by atoms with Gasteiger partial charge in [0, 0.05) is 34.7 Å². The monoisotopic (exact) mass is 356 g/mol. The zero-order valence-electron chi connectivity index (χ0n) is 15.0. The maximum atomic E-state index is 12.5. The molecule has 0 spiro atoms. The van der Waals surface area contributed by atoms with Crippen LogP contribution in [0, 0.1) is 6.92 Å². The van der Waals surface area contributed by atoms with E-state index < -0.39 is 0 Å². The third-order valence-electron chi connectivity index (χ3n) is 4.48. The van der Waals surface area contributed by atoms with Crippen molar-refractivity contribution in [3.05, 3.63) is 84.3 Å². The van der Waals surface area contributed by atoms with E-state index in [1.54, 1.807) is 12.4 Å². The SMILES string of the molecule is Cc1cc(NC(=O)Cc2c[nH]c3ccccc23)ccc1Nc1cccnc1. The lowest BCUT2D eigenvalue weighted by atomic mass is 10.1. The molecule has 0 saturated carbocycles. The molecule has 0 aliphatic heterocycles. The molecule has 1 amide bonds. The van der Waals surface area contributed by atoms with Crippen molar-refractivity contribution in [2.75, 3.05) is 10.6 Å². The molecule has 5 nitrogen and oxygen atoms in total. The molecule has 0 fully saturated rings. The molecule has 0 unspecified atom stereocenters. The second-order valence-corrected chi connectivity index (χ2v) is 6.48. The number of amides is 1. The first kappa shape index (κ1) is 16.8. The number of fused-ring (bicyclic) bond motifs is 1. The van der Waals surface area contributed by atoms with Crippen molar-refractivity contribution in [2.24, 2.45) is 0 Å². The summed E-state index contributed by atoms with van der Waals surface area (Å²) in [7, 11) is 0. The molecular formula is C22H20N4O. The Kier molecular flexibility index (Phi) is 4.58. The van der Waals surface area contributed by atoms with Crippen LogP contribution in [-0.4, -0.2) is 15.9 Å². The predicted molar refractivity (Wildman–Crippen MR) is 109 cm³/mol. The van der Waals surface area contributed by atoms with Gasteiger partial charge in [-0.1, -0.05) is 18.2 Å². The van der Waals surface area contributed by atoms with Gasteiger partial charge in [-0.15, -0.1) is 0 Å². The summed E-state index contributed by atoms with van der Waals surface area (Å²) in [6.07, 6.45) is 5.75. The quantitative estimate of drug-likeness (QED) is 0.481. The van der Waals surface area contributed by atoms with E-state index in [9.17, 15) is 4.79 Å². The molecular weight excluding hydrogens is 336 g/mol. The normalized spacial score (nSPS) is 10.7. The van der Waals surface area contributed by atoms with Gasteiger partial charge < -0.3 is 15.6 Å². The first-order valence-corrected chi connectivity index (χ1v) is 8.81. The van der Waals surface area contributed by atoms with E-state index in [1.807, 2.05) is 67.7 Å². The Labute approximate surface area is 157 Å². The Balaban J connectivity index is 1.44. The van der Waals surface area contributed by atoms with Crippen molar-refractivity contribution in [3.8, 4) is 0 Å². The smallest absolute Gasteiger partial charge is 0.228 e. The fraction of sp³-hybridized carbons (Fsp3) is 0.0909. The second kappa shape index (κ2) is 7.33. The van der Waals surface area contributed by atoms with E-state index in [1.165, 1.54) is 0 Å². The molecule has 5 heteroatoms. The van der Waals surface area contributed by atoms with E-state index in [2.05, 4.69) is 20.6 Å². The van der Waals surface area contributed by atoms with Crippen LogP contribution < -0.4 is 10.6 Å². The second-order valence-electron chi connectivity index (χ2n) is 6.48. The molecule has 0 bridgehead atoms. The Hall–Kier alpha value is -3.60. The molecule has 0 saturated heterocycles. The van der Waals surface area contributed by atoms with Gasteiger partial charge in [0.15, 0.2) is 0 Å². The molecule has 27 heavy (non-hydrogen) atoms. The number of rotatable bonds is 5. The average Bonchev–Trinajstić information content (AvgIpc) is 3.08. The highest BCUT2D eigenvalue weighted by Crippen LogP contribution is 2.24. The fourth-order valence-electron chi connectivity index (χ4n) is 3.13. The lowest BCUT2D eigenvalue weighted by Gasteiger charge is -2.12. The van der Waals surface area contributed by atoms with Gasteiger partial charge in [-0.05, 0) is 54.4 Å². The Morgan fingerprint density at radius 3 is 2.78 bits per heavy atom. The number of anilines is 3. The van der Waals surface area contributed by atoms with Crippen LogP contribution in [0.15, 0.2) is 73.2 Å². The van der Waals surface area contributed by atoms with E-state index in [0.717, 1.165) is 39.1 Å². The van der Waals surface area contributed by atoms with Crippen LogP contribution in [0.3, 0.4) is 0 Å². The van der Waals surface area contributed by atoms with Gasteiger partial charge in [-0.3, -0.25) is 9.78 Å². The van der Waals surface area contributed by atoms with Gasteiger partial charge in [-0.25, -0.2) is 0 Å². The highest BCUT2D eigenvalue weighted by molar-refractivity contribution is 5.96. The minimum absolute atomic E-state index is 0.0351. The number of aromatic nitrogens is 2. The van der Waals surface area contributed by atoms with Crippen LogP contribution in [0.4, 0.5) is 17.1 Å². The molecule has 2 aromatic heterocycles. The molecule has 2 aromatic carbocycles. The maximum absolute atomic E-state index is 12.5. The molecule has 0 aliphatic rings. The van der Waals surface area contributed by atoms with Crippen molar-refractivity contribution >= 4 is 33.9 Å². The number of nitrogens with one attached hydrogen (secondary N) is 3. The topological polar surface area (TPSA) is 69.8 Å². The third kappa shape index (κ3) is 3.82. The number of H-pyrrole nitrogens is 1. The summed E-state index contributed by atoms with van der Waals surface area (Å²) in [4.78, 5) is 19.8. The summed E-state index contributed by atoms with van der Waals surface area (Å²) in [5.41, 5.74) is 5.78. The standard InChI is InChI=1S/C22H20N4O/c1-15-11-17(8-9-20(15)25-18-5-4-10-23-14-18)26-22(27)12-16-13-24-21-7-3-2-6-19(16)21/h2-11,13-14,24-25H,12H2,1H3,(H,26,27). The minimum Gasteiger partial charge on any atom is -0.361 e. The highest BCUT2D eigenvalue weighted by atomic mass is 16.1. The van der Waals surface area contributed by atoms with Crippen molar-refractivity contribution in [1.29, 1.82) is 0 Å². The molecule has 3 N–H and O–H groups in total. The number of benzene rings is 2. The summed E-state index contributed by atoms with van der Waals surface area (Å²) in [5, 5.41) is 7.40. The number of hydrogen-bond acceptors (Lipinski definition) is 3. The lowest BCUT2D eigenvalue weighted by molar-refractivity contribution is -0.115. The highest BCUT2D eigenvalue weighted by Gasteiger charge is 2.09. The minimum atomic E-state index is -0.0351. The van der Waals surface area contributed by atoms with E-state index in [0.29, 0.717) is 6.42 Å². The van der Waals surface area contributed by atoms with Crippen LogP contribution in [0.5, 0.6) is 0 Å². The summed E-state index contributed by atoms with van der Waals surface area (Å²) in [5.74, 6) is -0.0351. The third-order valence-corrected chi connectivity index (χ3v) is 4.48. The van der Waals surface area contributed by atoms with Gasteiger partial charge in [0.1, 0.15) is 0 Å². The van der Waals surface area contributed by atoms with Gasteiger partial charge >= 0.3 is 0 Å². The van der Waals surface area contributed by atoms with Gasteiger partial charge in [0.2, 0.25) is 5.91 Å². The zero-order valence-corrected chi connectivity index (χ0v) is 15.0. The molecule has 2 heterocycles. The molecule has 4 rings (SSSR count). The van der Waals surface area contributed by atoms with Crippen molar-refractivity contribution in [1.82, 2.24) is 9.97 Å². The van der Waals surface area contributed by atoms with Crippen molar-refractivity contribution in [2.45, 2.75) is 13.3 Å². The summed E-state index contributed by atoms with van der Waals surface area (Å²) < 4.78 is 0. The van der Waals surface area contributed by atoms with E-state index >= 15 is 0 Å². The molecule has 4 aromatic rings. The van der Waals surface area contributed by atoms with Crippen LogP contribution in [0.1, 0.15) is 11.1 Å². The number of carbonyl (C=O) groups is 1. The molecule has 134 valence electrons. The van der Waals surface area contributed by atoms with Crippen molar-refractivity contribution < 1.29 is 4.79 Å². The number of nitrogens with zero attached hydrogens (tertiary/aromatic N) is 1. The summed E-state index contributed by atoms with van der Waals surface area (Å²) >= 11 is 0. The molecule has 0 aliphatic carbocycles. The Morgan fingerprint density at radius 1 is 1.07 bits per heavy atom. The van der Waals surface area contributed by atoms with E-state index in [-0.39, 0.29) is 5.91 Å². The summed E-state index contributed by atoms with van der Waals surface area (Å²) in [6.45, 7) is 2.01. The first-order chi connectivity index (χ1) is 13.2.